The SMILES string of the molecule is CCc1ccc/c(=N/N=C\C(C)=O)[cH-]1.[Pd].c1ccc(P(c2ccccc2)c2ccccc2)cc1. The van der Waals surface area contributed by atoms with Crippen LogP contribution in [0.4, 0.5) is 0 Å². The molecule has 0 spiro atoms. The van der Waals surface area contributed by atoms with Crippen molar-refractivity contribution in [2.75, 3.05) is 0 Å². The van der Waals surface area contributed by atoms with Crippen LogP contribution in [0.1, 0.15) is 19.4 Å². The van der Waals surface area contributed by atoms with Crippen molar-refractivity contribution < 1.29 is 25.2 Å². The van der Waals surface area contributed by atoms with Crippen LogP contribution in [0.25, 0.3) is 0 Å². The number of ketones is 1. The normalized spacial score (nSPS) is 11.0. The Morgan fingerprint density at radius 2 is 1.24 bits per heavy atom. The molecule has 0 bridgehead atoms. The summed E-state index contributed by atoms with van der Waals surface area (Å²) in [6.07, 6.45) is 2.18. The number of Topliss-reactive ketones (excluding diaryl/α,β-unsaturated/α-hetero) is 1. The van der Waals surface area contributed by atoms with Gasteiger partial charge in [-0.05, 0) is 29.2 Å². The van der Waals surface area contributed by atoms with Crippen LogP contribution in [0.3, 0.4) is 0 Å². The number of rotatable bonds is 6. The van der Waals surface area contributed by atoms with Gasteiger partial charge >= 0.3 is 0 Å². The number of benzene rings is 4. The predicted molar refractivity (Wildman–Crippen MR) is 141 cm³/mol. The van der Waals surface area contributed by atoms with E-state index >= 15 is 0 Å². The Hall–Kier alpha value is -2.89. The maximum absolute atomic E-state index is 10.5. The molecule has 0 saturated heterocycles. The van der Waals surface area contributed by atoms with Crippen molar-refractivity contribution in [2.24, 2.45) is 10.2 Å². The second-order valence-corrected chi connectivity index (χ2v) is 9.54. The summed E-state index contributed by atoms with van der Waals surface area (Å²) in [5, 5.41) is 12.5. The fraction of sp³-hybridized carbons (Fsp3) is 0.103. The fourth-order valence-corrected chi connectivity index (χ4v) is 5.50. The van der Waals surface area contributed by atoms with Gasteiger partial charge in [-0.25, -0.2) is 0 Å². The van der Waals surface area contributed by atoms with Gasteiger partial charge in [-0.1, -0.05) is 104 Å². The molecule has 0 aliphatic heterocycles. The summed E-state index contributed by atoms with van der Waals surface area (Å²) >= 11 is 0. The molecule has 0 unspecified atom stereocenters. The molecule has 0 N–H and O–H groups in total. The standard InChI is InChI=1S/C18H15P.C11H13N2O.Pd/c1-4-10-16(11-5-1)19(17-12-6-2-7-13-17)18-14-8-3-9-15-18;1-3-10-5-4-6-11(7-10)13-12-8-9(2)14;/h1-15H;4-8H,3H2,1-2H3;/q;-1;/b;12-8-,13-11-;. The topological polar surface area (TPSA) is 41.8 Å². The van der Waals surface area contributed by atoms with Gasteiger partial charge in [-0.3, -0.25) is 4.79 Å². The van der Waals surface area contributed by atoms with Crippen LogP contribution in [-0.4, -0.2) is 12.0 Å². The Morgan fingerprint density at radius 3 is 1.65 bits per heavy atom. The number of hydrogen-bond acceptors (Lipinski definition) is 3. The van der Waals surface area contributed by atoms with Gasteiger partial charge in [0.2, 0.25) is 0 Å². The average Bonchev–Trinajstić information content (AvgIpc) is 2.87. The van der Waals surface area contributed by atoms with Crippen LogP contribution in [-0.2, 0) is 31.6 Å². The second kappa shape index (κ2) is 15.1. The van der Waals surface area contributed by atoms with Crippen LogP contribution in [0, 0.1) is 0 Å². The van der Waals surface area contributed by atoms with Crippen molar-refractivity contribution in [1.82, 2.24) is 0 Å². The van der Waals surface area contributed by atoms with E-state index in [4.69, 9.17) is 0 Å². The predicted octanol–water partition coefficient (Wildman–Crippen LogP) is 4.89. The summed E-state index contributed by atoms with van der Waals surface area (Å²) in [6, 6.07) is 40.1. The maximum Gasteiger partial charge on any atom is 0.172 e. The van der Waals surface area contributed by atoms with E-state index in [9.17, 15) is 4.79 Å². The van der Waals surface area contributed by atoms with Crippen molar-refractivity contribution >= 4 is 35.8 Å². The molecule has 0 aliphatic rings. The molecule has 0 radical (unpaired) electrons. The first kappa shape index (κ1) is 27.4. The summed E-state index contributed by atoms with van der Waals surface area (Å²) < 4.78 is 0. The van der Waals surface area contributed by atoms with E-state index in [1.807, 2.05) is 24.3 Å². The van der Waals surface area contributed by atoms with Crippen LogP contribution in [0.5, 0.6) is 0 Å². The van der Waals surface area contributed by atoms with E-state index in [1.165, 1.54) is 34.6 Å². The number of aryl methyl sites for hydroxylation is 1. The monoisotopic (exact) mass is 557 g/mol. The molecule has 3 nitrogen and oxygen atoms in total. The van der Waals surface area contributed by atoms with Gasteiger partial charge in [0, 0.05) is 27.3 Å². The molecule has 34 heavy (non-hydrogen) atoms. The first-order valence-corrected chi connectivity index (χ1v) is 12.3. The summed E-state index contributed by atoms with van der Waals surface area (Å²) in [6.45, 7) is 3.53. The third-order valence-corrected chi connectivity index (χ3v) is 7.22. The van der Waals surface area contributed by atoms with Crippen LogP contribution in [0.2, 0.25) is 0 Å². The van der Waals surface area contributed by atoms with Crippen LogP contribution >= 0.6 is 7.92 Å². The molecule has 0 aromatic heterocycles. The zero-order valence-electron chi connectivity index (χ0n) is 19.3. The Morgan fingerprint density at radius 1 is 0.765 bits per heavy atom. The van der Waals surface area contributed by atoms with Crippen molar-refractivity contribution in [3.63, 3.8) is 0 Å². The van der Waals surface area contributed by atoms with E-state index in [2.05, 4.69) is 108 Å². The Balaban J connectivity index is 0.000000245. The minimum absolute atomic E-state index is 0. The quantitative estimate of drug-likeness (QED) is 0.109. The van der Waals surface area contributed by atoms with Crippen LogP contribution < -0.4 is 21.3 Å². The minimum atomic E-state index is -0.446. The van der Waals surface area contributed by atoms with E-state index in [0.29, 0.717) is 0 Å². The summed E-state index contributed by atoms with van der Waals surface area (Å²) in [5.41, 5.74) is 1.21. The van der Waals surface area contributed by atoms with Gasteiger partial charge < -0.3 is 0 Å². The van der Waals surface area contributed by atoms with Crippen molar-refractivity contribution in [1.29, 1.82) is 0 Å². The second-order valence-electron chi connectivity index (χ2n) is 7.32. The van der Waals surface area contributed by atoms with E-state index in [-0.39, 0.29) is 26.2 Å². The van der Waals surface area contributed by atoms with Gasteiger partial charge in [-0.15, -0.1) is 12.1 Å². The molecule has 0 atom stereocenters. The van der Waals surface area contributed by atoms with Crippen molar-refractivity contribution in [3.05, 3.63) is 126 Å². The van der Waals surface area contributed by atoms with Gasteiger partial charge in [0.15, 0.2) is 5.78 Å². The Kier molecular flexibility index (Phi) is 12.1. The molecule has 176 valence electrons. The third-order valence-electron chi connectivity index (χ3n) is 4.77. The molecular formula is C29H28N2OPPd-. The van der Waals surface area contributed by atoms with Crippen molar-refractivity contribution in [3.8, 4) is 0 Å². The smallest absolute Gasteiger partial charge is 0.172 e. The zero-order chi connectivity index (χ0) is 23.3. The summed E-state index contributed by atoms with van der Waals surface area (Å²) in [5.74, 6) is -0.0969. The van der Waals surface area contributed by atoms with Gasteiger partial charge in [0.1, 0.15) is 0 Å². The number of nitrogens with zero attached hydrogens (tertiary/aromatic N) is 2. The van der Waals surface area contributed by atoms with Gasteiger partial charge in [-0.2, -0.15) is 27.9 Å². The average molecular weight is 558 g/mol. The first-order chi connectivity index (χ1) is 16.2. The van der Waals surface area contributed by atoms with E-state index in [0.717, 1.165) is 11.8 Å². The molecule has 0 amide bonds. The van der Waals surface area contributed by atoms with Crippen molar-refractivity contribution in [2.45, 2.75) is 20.3 Å². The minimum Gasteiger partial charge on any atom is -0.293 e. The summed E-state index contributed by atoms with van der Waals surface area (Å²) in [4.78, 5) is 10.5. The first-order valence-electron chi connectivity index (χ1n) is 11.0. The number of hydrogen-bond donors (Lipinski definition) is 0. The molecule has 0 fully saturated rings. The van der Waals surface area contributed by atoms with Crippen LogP contribution in [0.15, 0.2) is 125 Å². The van der Waals surface area contributed by atoms with Gasteiger partial charge in [0.05, 0.1) is 6.21 Å². The van der Waals surface area contributed by atoms with Gasteiger partial charge in [0.25, 0.3) is 0 Å². The molecular weight excluding hydrogens is 530 g/mol. The Labute approximate surface area is 217 Å². The molecule has 5 heteroatoms. The summed E-state index contributed by atoms with van der Waals surface area (Å²) in [7, 11) is -0.446. The van der Waals surface area contributed by atoms with E-state index < -0.39 is 7.92 Å². The molecule has 0 saturated carbocycles. The number of carbonyl (C=O) groups excluding carboxylic acids is 1. The maximum atomic E-state index is 10.5. The molecule has 0 aliphatic carbocycles. The molecule has 4 rings (SSSR count). The largest absolute Gasteiger partial charge is 0.293 e. The fourth-order valence-electron chi connectivity index (χ4n) is 3.19. The molecule has 4 aromatic carbocycles. The number of carbonyl (C=O) groups is 1. The van der Waals surface area contributed by atoms with E-state index in [1.54, 1.807) is 0 Å². The molecule has 4 aromatic rings. The molecule has 0 heterocycles. The third kappa shape index (κ3) is 8.81. The zero-order valence-corrected chi connectivity index (χ0v) is 21.8. The Bertz CT molecular complexity index is 1130.